The standard InChI is InChI=1S/C37H40F3N5O/c1-26-23-29(28-11-17-41-18-12-28)24-27(2)34(26)35(46)43-21-15-36(3,16-22-43)44-19-13-32(14-20-44)45(31-7-5-4-6-8-31)33-10-9-30(25-42-33)37(38,39)40/h4-12,17-18,23-25,32H,13-16,19-22H2,1-3H3/p+1. The second-order valence-electron chi connectivity index (χ2n) is 12.9. The molecule has 4 aromatic rings. The number of piperidine rings is 2. The average Bonchev–Trinajstić information content (AvgIpc) is 3.06. The number of hydrogen-bond acceptors (Lipinski definition) is 4. The first-order chi connectivity index (χ1) is 22.0. The van der Waals surface area contributed by atoms with Crippen LogP contribution in [0.5, 0.6) is 0 Å². The van der Waals surface area contributed by atoms with Gasteiger partial charge in [-0.05, 0) is 93.0 Å². The molecule has 4 heterocycles. The monoisotopic (exact) mass is 628 g/mol. The number of aromatic amines is 1. The molecular weight excluding hydrogens is 587 g/mol. The molecule has 2 saturated heterocycles. The fraction of sp³-hybridized carbons (Fsp3) is 0.378. The summed E-state index contributed by atoms with van der Waals surface area (Å²) in [5.74, 6) is 0.628. The lowest BCUT2D eigenvalue weighted by molar-refractivity contribution is -0.377. The fourth-order valence-corrected chi connectivity index (χ4v) is 7.19. The van der Waals surface area contributed by atoms with Gasteiger partial charge in [-0.2, -0.15) is 13.2 Å². The number of benzene rings is 2. The first-order valence-corrected chi connectivity index (χ1v) is 16.0. The van der Waals surface area contributed by atoms with Gasteiger partial charge < -0.3 is 9.80 Å². The van der Waals surface area contributed by atoms with Crippen LogP contribution < -0.4 is 9.88 Å². The minimum Gasteiger partial charge on any atom is -0.338 e. The van der Waals surface area contributed by atoms with E-state index in [0.717, 1.165) is 84.5 Å². The molecular formula is C37H41F3N5O+. The summed E-state index contributed by atoms with van der Waals surface area (Å²) >= 11 is 0. The Bertz CT molecular complexity index is 1620. The smallest absolute Gasteiger partial charge is 0.338 e. The van der Waals surface area contributed by atoms with E-state index in [1.54, 1.807) is 0 Å². The normalized spacial score (nSPS) is 17.6. The van der Waals surface area contributed by atoms with Crippen LogP contribution in [0.25, 0.3) is 11.1 Å². The number of carbonyl (C=O) groups excluding carboxylic acids is 1. The van der Waals surface area contributed by atoms with Crippen LogP contribution in [-0.2, 0) is 6.18 Å². The van der Waals surface area contributed by atoms with Crippen LogP contribution in [0.2, 0.25) is 0 Å². The lowest BCUT2D eigenvalue weighted by atomic mass is 9.84. The molecule has 0 bridgehead atoms. The van der Waals surface area contributed by atoms with Gasteiger partial charge in [0.2, 0.25) is 0 Å². The number of anilines is 2. The predicted octanol–water partition coefficient (Wildman–Crippen LogP) is 7.50. The summed E-state index contributed by atoms with van der Waals surface area (Å²) in [6.07, 6.45) is 3.82. The highest BCUT2D eigenvalue weighted by molar-refractivity contribution is 5.98. The summed E-state index contributed by atoms with van der Waals surface area (Å²) in [6, 6.07) is 20.8. The molecule has 0 saturated carbocycles. The van der Waals surface area contributed by atoms with Crippen LogP contribution in [0.3, 0.4) is 0 Å². The molecule has 46 heavy (non-hydrogen) atoms. The molecule has 2 fully saturated rings. The molecule has 2 aromatic carbocycles. The number of nitrogens with zero attached hydrogens (tertiary/aromatic N) is 4. The van der Waals surface area contributed by atoms with Gasteiger partial charge in [-0.25, -0.2) is 9.97 Å². The van der Waals surface area contributed by atoms with Crippen LogP contribution in [0, 0.1) is 13.8 Å². The van der Waals surface area contributed by atoms with E-state index in [1.807, 2.05) is 73.6 Å². The van der Waals surface area contributed by atoms with E-state index in [0.29, 0.717) is 18.9 Å². The van der Waals surface area contributed by atoms with E-state index in [9.17, 15) is 18.0 Å². The van der Waals surface area contributed by atoms with Crippen molar-refractivity contribution < 1.29 is 22.9 Å². The maximum absolute atomic E-state index is 13.8. The Balaban J connectivity index is 1.11. The predicted molar refractivity (Wildman–Crippen MR) is 174 cm³/mol. The Labute approximate surface area is 268 Å². The quantitative estimate of drug-likeness (QED) is 0.222. The maximum atomic E-state index is 13.8. The molecule has 2 aromatic heterocycles. The number of hydrogen-bond donors (Lipinski definition) is 0. The summed E-state index contributed by atoms with van der Waals surface area (Å²) in [5.41, 5.74) is 5.16. The van der Waals surface area contributed by atoms with E-state index in [1.165, 1.54) is 6.07 Å². The third kappa shape index (κ3) is 6.51. The molecule has 0 spiro atoms. The van der Waals surface area contributed by atoms with Crippen molar-refractivity contribution in [3.63, 3.8) is 0 Å². The molecule has 0 aliphatic carbocycles. The topological polar surface area (TPSA) is 53.8 Å². The number of aryl methyl sites for hydroxylation is 2. The molecule has 0 radical (unpaired) electrons. The second kappa shape index (κ2) is 12.9. The van der Waals surface area contributed by atoms with Crippen molar-refractivity contribution in [1.82, 2.24) is 14.8 Å². The number of likely N-dealkylation sites (tertiary alicyclic amines) is 2. The van der Waals surface area contributed by atoms with Crippen molar-refractivity contribution in [3.8, 4) is 11.1 Å². The first kappa shape index (κ1) is 31.7. The lowest BCUT2D eigenvalue weighted by Gasteiger charge is -2.50. The van der Waals surface area contributed by atoms with Crippen molar-refractivity contribution >= 4 is 17.4 Å². The van der Waals surface area contributed by atoms with E-state index < -0.39 is 11.7 Å². The minimum absolute atomic E-state index is 0.0236. The Morgan fingerprint density at radius 1 is 0.891 bits per heavy atom. The second-order valence-corrected chi connectivity index (χ2v) is 12.9. The molecule has 6 nitrogen and oxygen atoms in total. The molecule has 9 heteroatoms. The lowest BCUT2D eigenvalue weighted by Crippen LogP contribution is -2.58. The van der Waals surface area contributed by atoms with Crippen molar-refractivity contribution in [1.29, 1.82) is 0 Å². The van der Waals surface area contributed by atoms with Crippen molar-refractivity contribution in [2.24, 2.45) is 0 Å². The Morgan fingerprint density at radius 3 is 2.09 bits per heavy atom. The summed E-state index contributed by atoms with van der Waals surface area (Å²) in [7, 11) is 0. The van der Waals surface area contributed by atoms with Gasteiger partial charge >= 0.3 is 6.18 Å². The summed E-state index contributed by atoms with van der Waals surface area (Å²) in [4.78, 5) is 27.7. The molecule has 0 unspecified atom stereocenters. The number of pyridine rings is 2. The highest BCUT2D eigenvalue weighted by Crippen LogP contribution is 2.37. The number of rotatable bonds is 6. The van der Waals surface area contributed by atoms with Crippen LogP contribution in [-0.4, -0.2) is 58.5 Å². The molecule has 0 atom stereocenters. The molecule has 240 valence electrons. The molecule has 6 rings (SSSR count). The number of halogens is 3. The van der Waals surface area contributed by atoms with Crippen molar-refractivity contribution in [2.75, 3.05) is 31.1 Å². The summed E-state index contributed by atoms with van der Waals surface area (Å²) in [5, 5.41) is 0. The number of amides is 1. The van der Waals surface area contributed by atoms with Crippen LogP contribution in [0.1, 0.15) is 59.7 Å². The molecule has 1 amide bonds. The number of carbonyl (C=O) groups is 1. The zero-order valence-electron chi connectivity index (χ0n) is 26.6. The first-order valence-electron chi connectivity index (χ1n) is 16.0. The van der Waals surface area contributed by atoms with Gasteiger partial charge in [-0.3, -0.25) is 9.69 Å². The van der Waals surface area contributed by atoms with Crippen LogP contribution in [0.4, 0.5) is 24.7 Å². The maximum Gasteiger partial charge on any atom is 0.417 e. The van der Waals surface area contributed by atoms with Crippen molar-refractivity contribution in [3.05, 3.63) is 108 Å². The Morgan fingerprint density at radius 2 is 1.52 bits per heavy atom. The van der Waals surface area contributed by atoms with Gasteiger partial charge in [0.05, 0.1) is 5.56 Å². The number of aromatic nitrogens is 2. The number of para-hydroxylation sites is 1. The van der Waals surface area contributed by atoms with E-state index >= 15 is 0 Å². The summed E-state index contributed by atoms with van der Waals surface area (Å²) in [6.45, 7) is 9.51. The van der Waals surface area contributed by atoms with Crippen molar-refractivity contribution in [2.45, 2.75) is 64.2 Å². The highest BCUT2D eigenvalue weighted by Gasteiger charge is 2.40. The summed E-state index contributed by atoms with van der Waals surface area (Å²) < 4.78 is 39.7. The van der Waals surface area contributed by atoms with E-state index in [4.69, 9.17) is 0 Å². The van der Waals surface area contributed by atoms with Gasteiger partial charge in [-0.1, -0.05) is 30.3 Å². The van der Waals surface area contributed by atoms with Gasteiger partial charge in [-0.15, -0.1) is 0 Å². The molecule has 1 N–H and O–H groups in total. The van der Waals surface area contributed by atoms with Gasteiger partial charge in [0.15, 0.2) is 12.4 Å². The molecule has 2 aliphatic rings. The average molecular weight is 629 g/mol. The third-order valence-corrected chi connectivity index (χ3v) is 9.88. The van der Waals surface area contributed by atoms with E-state index in [2.05, 4.69) is 38.8 Å². The zero-order chi connectivity index (χ0) is 32.5. The SMILES string of the molecule is Cc1cc(-c2cc[nH+]cc2)cc(C)c1C(=O)N1CCC(C)(N2CCC(N(c3ccccc3)c3ccc(C(F)(F)F)cn3)CC2)CC1. The Hall–Kier alpha value is -4.24. The van der Waals surface area contributed by atoms with Crippen LogP contribution >= 0.6 is 0 Å². The van der Waals surface area contributed by atoms with Gasteiger partial charge in [0, 0.05) is 67.3 Å². The highest BCUT2D eigenvalue weighted by atomic mass is 19.4. The number of H-pyrrole nitrogens is 1. The van der Waals surface area contributed by atoms with Crippen LogP contribution in [0.15, 0.2) is 85.3 Å². The van der Waals surface area contributed by atoms with Gasteiger partial charge in [0.1, 0.15) is 5.82 Å². The van der Waals surface area contributed by atoms with E-state index in [-0.39, 0.29) is 17.5 Å². The molecule has 2 aliphatic heterocycles. The fourth-order valence-electron chi connectivity index (χ4n) is 7.19. The minimum atomic E-state index is -4.42. The third-order valence-electron chi connectivity index (χ3n) is 9.88. The number of nitrogens with one attached hydrogen (secondary N) is 1. The number of alkyl halides is 3. The Kier molecular flexibility index (Phi) is 8.88. The zero-order valence-corrected chi connectivity index (χ0v) is 26.6. The van der Waals surface area contributed by atoms with Gasteiger partial charge in [0.25, 0.3) is 5.91 Å². The largest absolute Gasteiger partial charge is 0.417 e.